The van der Waals surface area contributed by atoms with Gasteiger partial charge in [-0.3, -0.25) is 5.43 Å². The minimum absolute atomic E-state index is 0.472. The van der Waals surface area contributed by atoms with Gasteiger partial charge in [0.05, 0.1) is 18.4 Å². The number of thioether (sulfide) groups is 1. The van der Waals surface area contributed by atoms with E-state index in [9.17, 15) is 0 Å². The fourth-order valence-corrected chi connectivity index (χ4v) is 4.26. The highest BCUT2D eigenvalue weighted by Gasteiger charge is 2.13. The van der Waals surface area contributed by atoms with Gasteiger partial charge >= 0.3 is 0 Å². The molecule has 148 valence electrons. The van der Waals surface area contributed by atoms with Crippen LogP contribution in [0.2, 0.25) is 0 Å². The van der Waals surface area contributed by atoms with Crippen LogP contribution in [0.25, 0.3) is 0 Å². The molecule has 0 radical (unpaired) electrons. The first-order valence-corrected chi connectivity index (χ1v) is 10.9. The second-order valence-corrected chi connectivity index (χ2v) is 8.11. The summed E-state index contributed by atoms with van der Waals surface area (Å²) in [6.45, 7) is 0. The number of ether oxygens (including phenoxy) is 1. The van der Waals surface area contributed by atoms with Crippen molar-refractivity contribution in [2.45, 2.75) is 48.9 Å². The summed E-state index contributed by atoms with van der Waals surface area (Å²) in [6, 6.07) is 12.4. The van der Waals surface area contributed by atoms with Crippen LogP contribution in [0.15, 0.2) is 52.7 Å². The first-order chi connectivity index (χ1) is 13.7. The molecule has 0 bridgehead atoms. The summed E-state index contributed by atoms with van der Waals surface area (Å²) in [4.78, 5) is 4.35. The highest BCUT2D eigenvalue weighted by molar-refractivity contribution is 7.98. The van der Waals surface area contributed by atoms with Crippen LogP contribution in [0, 0.1) is 0 Å². The van der Waals surface area contributed by atoms with E-state index in [2.05, 4.69) is 26.9 Å². The van der Waals surface area contributed by atoms with Crippen molar-refractivity contribution < 1.29 is 4.74 Å². The van der Waals surface area contributed by atoms with Gasteiger partial charge in [0.2, 0.25) is 0 Å². The van der Waals surface area contributed by atoms with Gasteiger partial charge in [-0.25, -0.2) is 4.98 Å². The average molecular weight is 415 g/mol. The monoisotopic (exact) mass is 414 g/mol. The maximum absolute atomic E-state index is 5.49. The van der Waals surface area contributed by atoms with Crippen molar-refractivity contribution in [3.63, 3.8) is 0 Å². The van der Waals surface area contributed by atoms with Gasteiger partial charge < -0.3 is 10.1 Å². The van der Waals surface area contributed by atoms with Crippen molar-refractivity contribution in [2.75, 3.05) is 7.11 Å². The molecular weight excluding hydrogens is 388 g/mol. The molecule has 0 atom stereocenters. The number of benzene rings is 1. The lowest BCUT2D eigenvalue weighted by Gasteiger charge is -2.23. The molecule has 0 aliphatic heterocycles. The number of hydrogen-bond acceptors (Lipinski definition) is 5. The van der Waals surface area contributed by atoms with Crippen LogP contribution >= 0.6 is 24.0 Å². The molecule has 1 fully saturated rings. The number of nitrogens with zero attached hydrogens (tertiary/aromatic N) is 2. The molecule has 2 N–H and O–H groups in total. The van der Waals surface area contributed by atoms with Crippen molar-refractivity contribution in [2.24, 2.45) is 5.10 Å². The average Bonchev–Trinajstić information content (AvgIpc) is 2.74. The number of hydrazone groups is 1. The Kier molecular flexibility index (Phi) is 8.11. The Bertz CT molecular complexity index is 792. The highest BCUT2D eigenvalue weighted by Crippen LogP contribution is 2.27. The van der Waals surface area contributed by atoms with Gasteiger partial charge in [-0.05, 0) is 61.0 Å². The number of rotatable bonds is 7. The van der Waals surface area contributed by atoms with Gasteiger partial charge in [-0.1, -0.05) is 25.3 Å². The largest absolute Gasteiger partial charge is 0.496 e. The molecule has 0 spiro atoms. The summed E-state index contributed by atoms with van der Waals surface area (Å²) in [5.41, 5.74) is 5.02. The predicted octanol–water partition coefficient (Wildman–Crippen LogP) is 4.51. The topological polar surface area (TPSA) is 58.5 Å². The van der Waals surface area contributed by atoms with Gasteiger partial charge in [0.1, 0.15) is 5.75 Å². The van der Waals surface area contributed by atoms with E-state index in [1.165, 1.54) is 32.1 Å². The Balaban J connectivity index is 1.55. The Morgan fingerprint density at radius 3 is 2.89 bits per heavy atom. The number of nitrogens with one attached hydrogen (secondary N) is 2. The number of hydrogen-bond donors (Lipinski definition) is 2. The van der Waals surface area contributed by atoms with Gasteiger partial charge in [0.25, 0.3) is 0 Å². The van der Waals surface area contributed by atoms with Crippen molar-refractivity contribution in [3.8, 4) is 5.75 Å². The lowest BCUT2D eigenvalue weighted by atomic mass is 9.96. The maximum Gasteiger partial charge on any atom is 0.187 e. The molecule has 1 heterocycles. The maximum atomic E-state index is 5.49. The summed E-state index contributed by atoms with van der Waals surface area (Å²) < 4.78 is 5.49. The van der Waals surface area contributed by atoms with Crippen LogP contribution in [-0.4, -0.2) is 29.5 Å². The van der Waals surface area contributed by atoms with E-state index >= 15 is 0 Å². The normalized spacial score (nSPS) is 14.8. The number of pyridine rings is 1. The number of methoxy groups -OCH3 is 1. The second-order valence-electron chi connectivity index (χ2n) is 6.71. The van der Waals surface area contributed by atoms with Gasteiger partial charge in [-0.15, -0.1) is 11.8 Å². The van der Waals surface area contributed by atoms with E-state index in [1.54, 1.807) is 31.3 Å². The van der Waals surface area contributed by atoms with E-state index in [-0.39, 0.29) is 0 Å². The van der Waals surface area contributed by atoms with Crippen molar-refractivity contribution in [3.05, 3.63) is 53.7 Å². The van der Waals surface area contributed by atoms with Crippen molar-refractivity contribution >= 4 is 35.3 Å². The van der Waals surface area contributed by atoms with Gasteiger partial charge in [0, 0.05) is 23.6 Å². The third kappa shape index (κ3) is 6.49. The first kappa shape index (κ1) is 20.6. The molecule has 1 saturated carbocycles. The molecule has 2 aromatic rings. The van der Waals surface area contributed by atoms with Crippen molar-refractivity contribution in [1.29, 1.82) is 0 Å². The Morgan fingerprint density at radius 1 is 1.29 bits per heavy atom. The fraction of sp³-hybridized carbons (Fsp3) is 0.381. The van der Waals surface area contributed by atoms with E-state index in [0.717, 1.165) is 27.7 Å². The van der Waals surface area contributed by atoms with E-state index in [4.69, 9.17) is 17.0 Å². The van der Waals surface area contributed by atoms with E-state index in [1.807, 2.05) is 30.3 Å². The van der Waals surface area contributed by atoms with Crippen LogP contribution < -0.4 is 15.5 Å². The molecule has 0 saturated heterocycles. The fourth-order valence-electron chi connectivity index (χ4n) is 3.21. The summed E-state index contributed by atoms with van der Waals surface area (Å²) in [7, 11) is 1.69. The molecule has 1 aliphatic carbocycles. The molecular formula is C21H26N4OS2. The third-order valence-electron chi connectivity index (χ3n) is 4.64. The van der Waals surface area contributed by atoms with Crippen LogP contribution in [0.1, 0.15) is 43.2 Å². The Labute approximate surface area is 176 Å². The van der Waals surface area contributed by atoms with Crippen LogP contribution in [-0.2, 0) is 5.75 Å². The first-order valence-electron chi connectivity index (χ1n) is 9.55. The zero-order valence-corrected chi connectivity index (χ0v) is 17.7. The Morgan fingerprint density at radius 2 is 2.14 bits per heavy atom. The molecule has 0 amide bonds. The number of thiocarbonyl (C=S) groups is 1. The molecule has 1 aliphatic rings. The van der Waals surface area contributed by atoms with E-state index in [0.29, 0.717) is 11.2 Å². The van der Waals surface area contributed by atoms with Crippen LogP contribution in [0.4, 0.5) is 0 Å². The third-order valence-corrected chi connectivity index (χ3v) is 5.84. The molecule has 1 aromatic heterocycles. The Hall–Kier alpha value is -2.12. The smallest absolute Gasteiger partial charge is 0.187 e. The molecule has 5 nitrogen and oxygen atoms in total. The summed E-state index contributed by atoms with van der Waals surface area (Å²) in [6.07, 6.45) is 9.82. The van der Waals surface area contributed by atoms with Gasteiger partial charge in [-0.2, -0.15) is 5.10 Å². The molecule has 7 heteroatoms. The highest BCUT2D eigenvalue weighted by atomic mass is 32.2. The van der Waals surface area contributed by atoms with Crippen LogP contribution in [0.3, 0.4) is 0 Å². The quantitative estimate of drug-likeness (QED) is 0.301. The molecule has 3 rings (SSSR count). The molecule has 28 heavy (non-hydrogen) atoms. The SMILES string of the molecule is COc1ccc(/C=N/NC(=S)NC2CCCCC2)cc1CSc1ccccn1. The zero-order valence-electron chi connectivity index (χ0n) is 16.1. The predicted molar refractivity (Wildman–Crippen MR) is 120 cm³/mol. The van der Waals surface area contributed by atoms with Crippen molar-refractivity contribution in [1.82, 2.24) is 15.7 Å². The lowest BCUT2D eigenvalue weighted by molar-refractivity contribution is 0.411. The summed E-state index contributed by atoms with van der Waals surface area (Å²) >= 11 is 7.02. The standard InChI is InChI=1S/C21H26N4OS2/c1-26-19-11-10-16(13-17(19)15-28-20-9-5-6-12-22-20)14-23-25-21(27)24-18-7-3-2-4-8-18/h5-6,9-14,18H,2-4,7-8,15H2,1H3,(H2,24,25,27)/b23-14+. The minimum Gasteiger partial charge on any atom is -0.496 e. The molecule has 0 unspecified atom stereocenters. The lowest BCUT2D eigenvalue weighted by Crippen LogP contribution is -2.40. The van der Waals surface area contributed by atoms with Crippen LogP contribution in [0.5, 0.6) is 5.75 Å². The number of aromatic nitrogens is 1. The zero-order chi connectivity index (χ0) is 19.6. The van der Waals surface area contributed by atoms with E-state index < -0.39 is 0 Å². The van der Waals surface area contributed by atoms with Gasteiger partial charge in [0.15, 0.2) is 5.11 Å². The molecule has 1 aromatic carbocycles. The summed E-state index contributed by atoms with van der Waals surface area (Å²) in [5, 5.41) is 9.21. The minimum atomic E-state index is 0.472. The summed E-state index contributed by atoms with van der Waals surface area (Å²) in [5.74, 6) is 1.64. The second kappa shape index (κ2) is 11.0.